The lowest BCUT2D eigenvalue weighted by atomic mass is 9.76. The molecular weight excluding hydrogens is 526 g/mol. The van der Waals surface area contributed by atoms with Gasteiger partial charge in [-0.1, -0.05) is 42.5 Å². The highest BCUT2D eigenvalue weighted by molar-refractivity contribution is 5.96. The first kappa shape index (κ1) is 28.3. The Kier molecular flexibility index (Phi) is 7.99. The van der Waals surface area contributed by atoms with E-state index in [0.29, 0.717) is 37.0 Å². The second-order valence-corrected chi connectivity index (χ2v) is 12.3. The van der Waals surface area contributed by atoms with Crippen molar-refractivity contribution in [3.63, 3.8) is 0 Å². The van der Waals surface area contributed by atoms with Crippen molar-refractivity contribution in [2.75, 3.05) is 46.4 Å². The lowest BCUT2D eigenvalue weighted by Crippen LogP contribution is -2.46. The first-order chi connectivity index (χ1) is 20.4. The van der Waals surface area contributed by atoms with Crippen LogP contribution in [0.25, 0.3) is 0 Å². The van der Waals surface area contributed by atoms with Crippen LogP contribution in [0.15, 0.2) is 60.9 Å². The fourth-order valence-corrected chi connectivity index (χ4v) is 7.31. The van der Waals surface area contributed by atoms with E-state index in [2.05, 4.69) is 39.1 Å². The molecule has 1 aromatic heterocycles. The predicted octanol–water partition coefficient (Wildman–Crippen LogP) is 4.47. The van der Waals surface area contributed by atoms with E-state index in [4.69, 9.17) is 4.74 Å². The maximum absolute atomic E-state index is 13.7. The molecule has 0 aliphatic carbocycles. The summed E-state index contributed by atoms with van der Waals surface area (Å²) in [6.45, 7) is 9.41. The summed E-state index contributed by atoms with van der Waals surface area (Å²) in [6, 6.07) is 18.6. The van der Waals surface area contributed by atoms with Gasteiger partial charge in [-0.3, -0.25) is 9.59 Å². The van der Waals surface area contributed by atoms with E-state index >= 15 is 0 Å². The van der Waals surface area contributed by atoms with Gasteiger partial charge in [-0.25, -0.2) is 9.97 Å². The Morgan fingerprint density at radius 1 is 0.929 bits per heavy atom. The Labute approximate surface area is 248 Å². The highest BCUT2D eigenvalue weighted by Crippen LogP contribution is 2.43. The minimum absolute atomic E-state index is 0.0279. The van der Waals surface area contributed by atoms with E-state index in [-0.39, 0.29) is 17.2 Å². The van der Waals surface area contributed by atoms with E-state index < -0.39 is 0 Å². The normalized spacial score (nSPS) is 22.2. The maximum atomic E-state index is 13.7. The lowest BCUT2D eigenvalue weighted by molar-refractivity contribution is -0.139. The Bertz CT molecular complexity index is 1400. The SMILES string of the molecule is COc1ccc(CN2CCC3(CCN(CC4CN(C(=O)c5c(C)ncnc5C)CC4c4ccccc4)CC3)C2=O)cc1. The second-order valence-electron chi connectivity index (χ2n) is 12.3. The van der Waals surface area contributed by atoms with Crippen molar-refractivity contribution >= 4 is 11.8 Å². The first-order valence-electron chi connectivity index (χ1n) is 15.1. The third-order valence-electron chi connectivity index (χ3n) is 9.84. The number of aryl methyl sites for hydroxylation is 2. The van der Waals surface area contributed by atoms with Crippen LogP contribution in [0.4, 0.5) is 0 Å². The van der Waals surface area contributed by atoms with Crippen molar-refractivity contribution in [2.45, 2.75) is 45.6 Å². The van der Waals surface area contributed by atoms with Crippen LogP contribution in [0.2, 0.25) is 0 Å². The Morgan fingerprint density at radius 3 is 2.26 bits per heavy atom. The molecule has 42 heavy (non-hydrogen) atoms. The van der Waals surface area contributed by atoms with E-state index in [9.17, 15) is 9.59 Å². The molecule has 0 N–H and O–H groups in total. The number of methoxy groups -OCH3 is 1. The van der Waals surface area contributed by atoms with Crippen LogP contribution in [0.5, 0.6) is 5.75 Å². The number of aromatic nitrogens is 2. The van der Waals surface area contributed by atoms with Gasteiger partial charge >= 0.3 is 0 Å². The molecule has 8 heteroatoms. The molecule has 1 spiro atoms. The molecule has 2 aromatic carbocycles. The minimum Gasteiger partial charge on any atom is -0.497 e. The maximum Gasteiger partial charge on any atom is 0.257 e. The number of carbonyl (C=O) groups is 2. The fraction of sp³-hybridized carbons (Fsp3) is 0.471. The van der Waals surface area contributed by atoms with Crippen LogP contribution in [-0.2, 0) is 11.3 Å². The molecule has 3 aromatic rings. The number of likely N-dealkylation sites (tertiary alicyclic amines) is 3. The molecule has 3 aliphatic rings. The third kappa shape index (κ3) is 5.52. The van der Waals surface area contributed by atoms with Gasteiger partial charge in [0.15, 0.2) is 0 Å². The number of rotatable bonds is 7. The minimum atomic E-state index is -0.234. The van der Waals surface area contributed by atoms with Crippen molar-refractivity contribution < 1.29 is 14.3 Å². The molecule has 6 rings (SSSR count). The molecular formula is C34H41N5O3. The molecule has 3 aliphatic heterocycles. The van der Waals surface area contributed by atoms with Crippen molar-refractivity contribution in [1.82, 2.24) is 24.7 Å². The Morgan fingerprint density at radius 2 is 1.60 bits per heavy atom. The third-order valence-corrected chi connectivity index (χ3v) is 9.84. The number of amides is 2. The molecule has 2 amide bonds. The summed E-state index contributed by atoms with van der Waals surface area (Å²) >= 11 is 0. The summed E-state index contributed by atoms with van der Waals surface area (Å²) < 4.78 is 5.28. The number of nitrogens with zero attached hydrogens (tertiary/aromatic N) is 5. The summed E-state index contributed by atoms with van der Waals surface area (Å²) in [5.41, 5.74) is 4.28. The van der Waals surface area contributed by atoms with E-state index in [0.717, 1.165) is 68.1 Å². The van der Waals surface area contributed by atoms with Crippen LogP contribution in [0.1, 0.15) is 58.1 Å². The van der Waals surface area contributed by atoms with Gasteiger partial charge in [-0.15, -0.1) is 0 Å². The molecule has 2 unspecified atom stereocenters. The molecule has 2 atom stereocenters. The fourth-order valence-electron chi connectivity index (χ4n) is 7.31. The van der Waals surface area contributed by atoms with Gasteiger partial charge in [0, 0.05) is 38.6 Å². The summed E-state index contributed by atoms with van der Waals surface area (Å²) in [6.07, 6.45) is 4.26. The molecule has 3 fully saturated rings. The second kappa shape index (κ2) is 11.8. The number of ether oxygens (including phenoxy) is 1. The number of hydrogen-bond donors (Lipinski definition) is 0. The number of carbonyl (C=O) groups excluding carboxylic acids is 2. The van der Waals surface area contributed by atoms with Gasteiger partial charge in [0.1, 0.15) is 12.1 Å². The summed E-state index contributed by atoms with van der Waals surface area (Å²) in [5, 5.41) is 0. The van der Waals surface area contributed by atoms with Crippen LogP contribution in [0, 0.1) is 25.2 Å². The van der Waals surface area contributed by atoms with Gasteiger partial charge in [0.2, 0.25) is 5.91 Å². The number of benzene rings is 2. The average molecular weight is 568 g/mol. The smallest absolute Gasteiger partial charge is 0.257 e. The Balaban J connectivity index is 1.11. The van der Waals surface area contributed by atoms with Crippen molar-refractivity contribution in [3.05, 3.63) is 89.0 Å². The monoisotopic (exact) mass is 567 g/mol. The highest BCUT2D eigenvalue weighted by atomic mass is 16.5. The molecule has 0 radical (unpaired) electrons. The van der Waals surface area contributed by atoms with Gasteiger partial charge in [0.25, 0.3) is 5.91 Å². The zero-order valence-corrected chi connectivity index (χ0v) is 25.0. The highest BCUT2D eigenvalue weighted by Gasteiger charge is 2.48. The van der Waals surface area contributed by atoms with Gasteiger partial charge < -0.3 is 19.4 Å². The van der Waals surface area contributed by atoms with Crippen LogP contribution in [0.3, 0.4) is 0 Å². The van der Waals surface area contributed by atoms with E-state index in [1.54, 1.807) is 7.11 Å². The molecule has 0 bridgehead atoms. The van der Waals surface area contributed by atoms with Gasteiger partial charge in [-0.2, -0.15) is 0 Å². The standard InChI is InChI=1S/C34H41N5O3/c1-24-31(25(2)36-23-35-24)32(40)39-21-28(30(22-39)27-7-5-4-6-8-27)20-37-16-13-34(14-17-37)15-18-38(33(34)41)19-26-9-11-29(42-3)12-10-26/h4-12,23,28,30H,13-22H2,1-3H3. The zero-order valence-electron chi connectivity index (χ0n) is 25.0. The zero-order chi connectivity index (χ0) is 29.3. The summed E-state index contributed by atoms with van der Waals surface area (Å²) in [7, 11) is 1.67. The summed E-state index contributed by atoms with van der Waals surface area (Å²) in [4.78, 5) is 42.5. The molecule has 4 heterocycles. The van der Waals surface area contributed by atoms with Gasteiger partial charge in [0.05, 0.1) is 29.5 Å². The predicted molar refractivity (Wildman–Crippen MR) is 161 cm³/mol. The summed E-state index contributed by atoms with van der Waals surface area (Å²) in [5.74, 6) is 1.76. The lowest BCUT2D eigenvalue weighted by Gasteiger charge is -2.39. The largest absolute Gasteiger partial charge is 0.497 e. The molecule has 0 saturated carbocycles. The average Bonchev–Trinajstić information content (AvgIpc) is 3.56. The van der Waals surface area contributed by atoms with Crippen molar-refractivity contribution in [3.8, 4) is 5.75 Å². The van der Waals surface area contributed by atoms with E-state index in [1.807, 2.05) is 54.0 Å². The quantitative estimate of drug-likeness (QED) is 0.419. The number of piperidine rings is 1. The molecule has 220 valence electrons. The van der Waals surface area contributed by atoms with Crippen LogP contribution in [-0.4, -0.2) is 82.9 Å². The topological polar surface area (TPSA) is 78.9 Å². The van der Waals surface area contributed by atoms with Crippen LogP contribution < -0.4 is 4.74 Å². The molecule has 8 nitrogen and oxygen atoms in total. The van der Waals surface area contributed by atoms with Crippen molar-refractivity contribution in [2.24, 2.45) is 11.3 Å². The molecule has 3 saturated heterocycles. The van der Waals surface area contributed by atoms with Crippen molar-refractivity contribution in [1.29, 1.82) is 0 Å². The van der Waals surface area contributed by atoms with E-state index in [1.165, 1.54) is 11.9 Å². The van der Waals surface area contributed by atoms with Crippen LogP contribution >= 0.6 is 0 Å². The first-order valence-corrected chi connectivity index (χ1v) is 15.1. The Hall–Kier alpha value is -3.78. The van der Waals surface area contributed by atoms with Gasteiger partial charge in [-0.05, 0) is 75.4 Å². The number of hydrogen-bond acceptors (Lipinski definition) is 6.